The fraction of sp³-hybridized carbons (Fsp3) is 0.0714. The van der Waals surface area contributed by atoms with E-state index in [1.54, 1.807) is 24.3 Å². The number of rotatable bonds is 4. The van der Waals surface area contributed by atoms with Crippen LogP contribution in [0.2, 0.25) is 5.02 Å². The lowest BCUT2D eigenvalue weighted by molar-refractivity contribution is -0.0497. The molecule has 0 radical (unpaired) electrons. The summed E-state index contributed by atoms with van der Waals surface area (Å²) in [6.07, 6.45) is 0. The summed E-state index contributed by atoms with van der Waals surface area (Å²) >= 11 is 9.08. The van der Waals surface area contributed by atoms with Crippen LogP contribution in [-0.2, 0) is 0 Å². The number of halogens is 4. The third-order valence-electron chi connectivity index (χ3n) is 2.51. The molecule has 2 rings (SSSR count). The van der Waals surface area contributed by atoms with Gasteiger partial charge in [-0.05, 0) is 42.5 Å². The highest BCUT2D eigenvalue weighted by Gasteiger charge is 2.11. The minimum absolute atomic E-state index is 0.0103. The van der Waals surface area contributed by atoms with Crippen molar-refractivity contribution in [2.45, 2.75) is 6.61 Å². The zero-order chi connectivity index (χ0) is 15.4. The number of carbonyl (C=O) groups excluding carboxylic acids is 1. The molecule has 7 heteroatoms. The molecule has 0 aliphatic carbocycles. The van der Waals surface area contributed by atoms with Crippen LogP contribution in [0, 0.1) is 0 Å². The number of hydrogen-bond acceptors (Lipinski definition) is 2. The number of benzene rings is 2. The first kappa shape index (κ1) is 15.7. The lowest BCUT2D eigenvalue weighted by Crippen LogP contribution is -2.11. The second kappa shape index (κ2) is 6.87. The molecule has 1 N–H and O–H groups in total. The average Bonchev–Trinajstić information content (AvgIpc) is 2.42. The molecule has 0 fully saturated rings. The second-order valence-corrected chi connectivity index (χ2v) is 5.31. The Balaban J connectivity index is 2.11. The van der Waals surface area contributed by atoms with Crippen molar-refractivity contribution in [1.29, 1.82) is 0 Å². The fourth-order valence-corrected chi connectivity index (χ4v) is 2.06. The van der Waals surface area contributed by atoms with E-state index in [9.17, 15) is 13.6 Å². The molecule has 0 aromatic heterocycles. The van der Waals surface area contributed by atoms with Crippen molar-refractivity contribution in [3.05, 3.63) is 57.5 Å². The molecule has 0 unspecified atom stereocenters. The maximum atomic E-state index is 12.1. The Labute approximate surface area is 133 Å². The van der Waals surface area contributed by atoms with Crippen molar-refractivity contribution in [2.24, 2.45) is 0 Å². The molecular formula is C14H9BrClF2NO2. The number of carbonyl (C=O) groups is 1. The van der Waals surface area contributed by atoms with Crippen LogP contribution in [0.1, 0.15) is 10.4 Å². The minimum atomic E-state index is -2.95. The predicted octanol–water partition coefficient (Wildman–Crippen LogP) is 4.96. The highest BCUT2D eigenvalue weighted by Crippen LogP contribution is 2.29. The van der Waals surface area contributed by atoms with E-state index in [1.807, 2.05) is 0 Å². The zero-order valence-electron chi connectivity index (χ0n) is 10.4. The number of alkyl halides is 2. The fourth-order valence-electron chi connectivity index (χ4n) is 1.57. The molecule has 0 aliphatic rings. The minimum Gasteiger partial charge on any atom is -0.433 e. The molecule has 2 aromatic carbocycles. The SMILES string of the molecule is O=C(Nc1ccc(OC(F)F)c(Cl)c1)c1ccc(Br)cc1. The maximum Gasteiger partial charge on any atom is 0.387 e. The van der Waals surface area contributed by atoms with Gasteiger partial charge in [0.1, 0.15) is 5.75 Å². The molecule has 0 saturated heterocycles. The van der Waals surface area contributed by atoms with Crippen molar-refractivity contribution in [3.8, 4) is 5.75 Å². The first-order valence-electron chi connectivity index (χ1n) is 5.77. The van der Waals surface area contributed by atoms with Gasteiger partial charge in [-0.15, -0.1) is 0 Å². The summed E-state index contributed by atoms with van der Waals surface area (Å²) in [4.78, 5) is 12.0. The van der Waals surface area contributed by atoms with Gasteiger partial charge in [0, 0.05) is 15.7 Å². The predicted molar refractivity (Wildman–Crippen MR) is 80.2 cm³/mol. The summed E-state index contributed by atoms with van der Waals surface area (Å²) in [5.74, 6) is -0.477. The molecule has 2 aromatic rings. The van der Waals surface area contributed by atoms with Crippen molar-refractivity contribution in [3.63, 3.8) is 0 Å². The molecule has 110 valence electrons. The average molecular weight is 377 g/mol. The van der Waals surface area contributed by atoms with Crippen LogP contribution >= 0.6 is 27.5 Å². The van der Waals surface area contributed by atoms with Gasteiger partial charge in [0.15, 0.2) is 0 Å². The van der Waals surface area contributed by atoms with Gasteiger partial charge in [-0.25, -0.2) is 0 Å². The summed E-state index contributed by atoms with van der Waals surface area (Å²) < 4.78 is 29.3. The van der Waals surface area contributed by atoms with Crippen LogP contribution in [0.4, 0.5) is 14.5 Å². The second-order valence-electron chi connectivity index (χ2n) is 3.98. The number of anilines is 1. The zero-order valence-corrected chi connectivity index (χ0v) is 12.8. The Bertz CT molecular complexity index is 650. The van der Waals surface area contributed by atoms with E-state index < -0.39 is 6.61 Å². The lowest BCUT2D eigenvalue weighted by atomic mass is 10.2. The van der Waals surface area contributed by atoms with Gasteiger partial charge >= 0.3 is 6.61 Å². The van der Waals surface area contributed by atoms with Crippen molar-refractivity contribution >= 4 is 39.1 Å². The molecule has 0 heterocycles. The van der Waals surface area contributed by atoms with Crippen LogP contribution in [0.3, 0.4) is 0 Å². The van der Waals surface area contributed by atoms with Crippen molar-refractivity contribution in [2.75, 3.05) is 5.32 Å². The Morgan fingerprint density at radius 2 is 1.86 bits per heavy atom. The van der Waals surface area contributed by atoms with Gasteiger partial charge in [0.25, 0.3) is 5.91 Å². The number of nitrogens with one attached hydrogen (secondary N) is 1. The van der Waals surface area contributed by atoms with Gasteiger partial charge in [-0.2, -0.15) is 8.78 Å². The van der Waals surface area contributed by atoms with E-state index in [0.29, 0.717) is 11.3 Å². The van der Waals surface area contributed by atoms with Gasteiger partial charge in [0.2, 0.25) is 0 Å². The largest absolute Gasteiger partial charge is 0.433 e. The summed E-state index contributed by atoms with van der Waals surface area (Å²) in [6.45, 7) is -2.95. The van der Waals surface area contributed by atoms with Gasteiger partial charge < -0.3 is 10.1 Å². The number of hydrogen-bond donors (Lipinski definition) is 1. The van der Waals surface area contributed by atoms with E-state index in [-0.39, 0.29) is 16.7 Å². The van der Waals surface area contributed by atoms with Crippen LogP contribution in [0.25, 0.3) is 0 Å². The molecule has 0 atom stereocenters. The Morgan fingerprint density at radius 1 is 1.19 bits per heavy atom. The van der Waals surface area contributed by atoms with E-state index in [1.165, 1.54) is 18.2 Å². The van der Waals surface area contributed by atoms with Gasteiger partial charge in [-0.3, -0.25) is 4.79 Å². The molecule has 0 bridgehead atoms. The molecule has 0 spiro atoms. The van der Waals surface area contributed by atoms with Crippen molar-refractivity contribution in [1.82, 2.24) is 0 Å². The standard InChI is InChI=1S/C14H9BrClF2NO2/c15-9-3-1-8(2-4-9)13(20)19-10-5-6-12(11(16)7-10)21-14(17)18/h1-7,14H,(H,19,20). The lowest BCUT2D eigenvalue weighted by Gasteiger charge is -2.09. The first-order valence-corrected chi connectivity index (χ1v) is 6.94. The van der Waals surface area contributed by atoms with E-state index >= 15 is 0 Å². The topological polar surface area (TPSA) is 38.3 Å². The van der Waals surface area contributed by atoms with Crippen LogP contribution in [0.5, 0.6) is 5.75 Å². The smallest absolute Gasteiger partial charge is 0.387 e. The Kier molecular flexibility index (Phi) is 5.14. The maximum absolute atomic E-state index is 12.1. The Morgan fingerprint density at radius 3 is 2.43 bits per heavy atom. The molecule has 21 heavy (non-hydrogen) atoms. The third-order valence-corrected chi connectivity index (χ3v) is 3.34. The number of ether oxygens (including phenoxy) is 1. The van der Waals surface area contributed by atoms with E-state index in [0.717, 1.165) is 4.47 Å². The molecule has 3 nitrogen and oxygen atoms in total. The molecule has 1 amide bonds. The first-order chi connectivity index (χ1) is 9.95. The number of amides is 1. The van der Waals surface area contributed by atoms with Crippen LogP contribution in [0.15, 0.2) is 46.9 Å². The monoisotopic (exact) mass is 375 g/mol. The third kappa shape index (κ3) is 4.41. The van der Waals surface area contributed by atoms with Gasteiger partial charge in [0.05, 0.1) is 5.02 Å². The van der Waals surface area contributed by atoms with E-state index in [4.69, 9.17) is 11.6 Å². The van der Waals surface area contributed by atoms with Crippen molar-refractivity contribution < 1.29 is 18.3 Å². The summed E-state index contributed by atoms with van der Waals surface area (Å²) in [6, 6.07) is 10.8. The highest BCUT2D eigenvalue weighted by molar-refractivity contribution is 9.10. The normalized spacial score (nSPS) is 10.5. The molecular weight excluding hydrogens is 368 g/mol. The summed E-state index contributed by atoms with van der Waals surface area (Å²) in [5, 5.41) is 2.61. The molecule has 0 aliphatic heterocycles. The summed E-state index contributed by atoms with van der Waals surface area (Å²) in [7, 11) is 0. The Hall–Kier alpha value is -1.66. The van der Waals surface area contributed by atoms with Gasteiger partial charge in [-0.1, -0.05) is 27.5 Å². The highest BCUT2D eigenvalue weighted by atomic mass is 79.9. The van der Waals surface area contributed by atoms with E-state index in [2.05, 4.69) is 26.0 Å². The quantitative estimate of drug-likeness (QED) is 0.819. The summed E-state index contributed by atoms with van der Waals surface area (Å²) in [5.41, 5.74) is 0.844. The van der Waals surface area contributed by atoms with Crippen LogP contribution in [-0.4, -0.2) is 12.5 Å². The van der Waals surface area contributed by atoms with Crippen LogP contribution < -0.4 is 10.1 Å². The molecule has 0 saturated carbocycles.